The molecule has 0 unspecified atom stereocenters. The Hall–Kier alpha value is -2.52. The van der Waals surface area contributed by atoms with Gasteiger partial charge < -0.3 is 0 Å². The highest BCUT2D eigenvalue weighted by Gasteiger charge is 2.68. The van der Waals surface area contributed by atoms with Gasteiger partial charge in [0, 0.05) is 17.9 Å². The largest absolute Gasteiger partial charge is 0.296 e. The van der Waals surface area contributed by atoms with Crippen LogP contribution < -0.4 is 4.90 Å². The van der Waals surface area contributed by atoms with Crippen molar-refractivity contribution in [1.82, 2.24) is 0 Å². The highest BCUT2D eigenvalue weighted by molar-refractivity contribution is 8.02. The topological polar surface area (TPSA) is 20.3 Å². The molecule has 2 nitrogen and oxygen atoms in total. The van der Waals surface area contributed by atoms with Crippen LogP contribution in [0, 0.1) is 6.92 Å². The maximum Gasteiger partial charge on any atom is 0.228 e. The lowest BCUT2D eigenvalue weighted by Crippen LogP contribution is -2.67. The van der Waals surface area contributed by atoms with Crippen LogP contribution in [0.1, 0.15) is 29.5 Å². The Bertz CT molecular complexity index is 977. The molecule has 2 fully saturated rings. The number of anilines is 1. The molecule has 0 saturated carbocycles. The maximum atomic E-state index is 13.2. The third kappa shape index (κ3) is 2.26. The van der Waals surface area contributed by atoms with Crippen LogP contribution in [-0.2, 0) is 10.2 Å². The van der Waals surface area contributed by atoms with E-state index in [0.29, 0.717) is 6.42 Å². The van der Waals surface area contributed by atoms with Crippen molar-refractivity contribution in [3.8, 4) is 0 Å². The predicted octanol–water partition coefficient (Wildman–Crippen LogP) is 5.55. The van der Waals surface area contributed by atoms with Crippen molar-refractivity contribution < 1.29 is 4.79 Å². The summed E-state index contributed by atoms with van der Waals surface area (Å²) in [5.74, 6) is 1.22. The van der Waals surface area contributed by atoms with Crippen molar-refractivity contribution in [3.63, 3.8) is 0 Å². The van der Waals surface area contributed by atoms with Gasteiger partial charge in [-0.3, -0.25) is 9.69 Å². The second-order valence-corrected chi connectivity index (χ2v) is 8.98. The molecule has 0 bridgehead atoms. The fourth-order valence-electron chi connectivity index (χ4n) is 5.00. The summed E-state index contributed by atoms with van der Waals surface area (Å²) >= 11 is 1.93. The Kier molecular flexibility index (Phi) is 4.09. The number of carbonyl (C=O) groups excluding carboxylic acids is 1. The van der Waals surface area contributed by atoms with Crippen LogP contribution in [0.4, 0.5) is 5.69 Å². The average Bonchev–Trinajstić information content (AvgIpc) is 3.09. The summed E-state index contributed by atoms with van der Waals surface area (Å²) in [4.78, 5) is 15.0. The molecular weight excluding hydrogens is 362 g/mol. The lowest BCUT2D eigenvalue weighted by molar-refractivity contribution is -0.117. The Morgan fingerprint density at radius 3 is 1.93 bits per heavy atom. The second-order valence-electron chi connectivity index (χ2n) is 7.73. The SMILES string of the molecule is Cc1ccccc1N1C(=O)CC[C@]12SCC2(c1ccccc1)c1ccccc1. The van der Waals surface area contributed by atoms with Gasteiger partial charge in [-0.15, -0.1) is 11.8 Å². The van der Waals surface area contributed by atoms with Gasteiger partial charge in [0.05, 0.1) is 5.41 Å². The smallest absolute Gasteiger partial charge is 0.228 e. The number of rotatable bonds is 3. The molecule has 140 valence electrons. The zero-order chi connectivity index (χ0) is 19.2. The quantitative estimate of drug-likeness (QED) is 0.589. The third-order valence-corrected chi connectivity index (χ3v) is 8.16. The number of amides is 1. The summed E-state index contributed by atoms with van der Waals surface area (Å²) in [5.41, 5.74) is 4.60. The van der Waals surface area contributed by atoms with Crippen LogP contribution in [-0.4, -0.2) is 16.5 Å². The van der Waals surface area contributed by atoms with Crippen molar-refractivity contribution in [1.29, 1.82) is 0 Å². The minimum atomic E-state index is -0.279. The molecule has 5 rings (SSSR count). The van der Waals surface area contributed by atoms with Crippen LogP contribution in [0.15, 0.2) is 84.9 Å². The number of benzene rings is 3. The van der Waals surface area contributed by atoms with Crippen LogP contribution in [0.3, 0.4) is 0 Å². The monoisotopic (exact) mass is 385 g/mol. The molecule has 1 amide bonds. The molecule has 2 heterocycles. The molecule has 0 N–H and O–H groups in total. The fourth-order valence-corrected chi connectivity index (χ4v) is 6.91. The van der Waals surface area contributed by atoms with E-state index in [1.54, 1.807) is 0 Å². The predicted molar refractivity (Wildman–Crippen MR) is 117 cm³/mol. The van der Waals surface area contributed by atoms with Crippen molar-refractivity contribution in [2.45, 2.75) is 30.1 Å². The lowest BCUT2D eigenvalue weighted by Gasteiger charge is -2.61. The number of hydrogen-bond donors (Lipinski definition) is 0. The van der Waals surface area contributed by atoms with Gasteiger partial charge >= 0.3 is 0 Å². The molecule has 2 saturated heterocycles. The van der Waals surface area contributed by atoms with E-state index in [-0.39, 0.29) is 16.2 Å². The molecule has 3 aromatic rings. The summed E-state index contributed by atoms with van der Waals surface area (Å²) in [6, 6.07) is 29.8. The third-order valence-electron chi connectivity index (χ3n) is 6.37. The van der Waals surface area contributed by atoms with Gasteiger partial charge in [0.2, 0.25) is 5.91 Å². The number of thioether (sulfide) groups is 1. The first-order valence-corrected chi connectivity index (χ1v) is 10.8. The maximum absolute atomic E-state index is 13.2. The summed E-state index contributed by atoms with van der Waals surface area (Å²) in [7, 11) is 0. The van der Waals surface area contributed by atoms with Crippen molar-refractivity contribution in [3.05, 3.63) is 102 Å². The van der Waals surface area contributed by atoms with Crippen LogP contribution in [0.5, 0.6) is 0 Å². The summed E-state index contributed by atoms with van der Waals surface area (Å²) < 4.78 is 0. The van der Waals surface area contributed by atoms with Gasteiger partial charge in [-0.25, -0.2) is 0 Å². The summed E-state index contributed by atoms with van der Waals surface area (Å²) in [6.45, 7) is 2.10. The van der Waals surface area contributed by atoms with Gasteiger partial charge in [0.15, 0.2) is 0 Å². The number of para-hydroxylation sites is 1. The van der Waals surface area contributed by atoms with Gasteiger partial charge in [-0.2, -0.15) is 0 Å². The summed E-state index contributed by atoms with van der Waals surface area (Å²) in [5, 5.41) is 0. The Morgan fingerprint density at radius 2 is 1.39 bits per heavy atom. The second kappa shape index (κ2) is 6.52. The molecule has 1 spiro atoms. The van der Waals surface area contributed by atoms with E-state index in [1.807, 2.05) is 23.9 Å². The number of hydrogen-bond acceptors (Lipinski definition) is 2. The molecule has 3 aromatic carbocycles. The minimum absolute atomic E-state index is 0.200. The van der Waals surface area contributed by atoms with Crippen LogP contribution in [0.25, 0.3) is 0 Å². The molecular formula is C25H23NOS. The molecule has 28 heavy (non-hydrogen) atoms. The fraction of sp³-hybridized carbons (Fsp3) is 0.240. The van der Waals surface area contributed by atoms with Gasteiger partial charge in [0.1, 0.15) is 4.87 Å². The molecule has 2 aliphatic heterocycles. The Morgan fingerprint density at radius 1 is 0.821 bits per heavy atom. The van der Waals surface area contributed by atoms with Gasteiger partial charge in [-0.05, 0) is 36.1 Å². The standard InChI is InChI=1S/C25H23NOS/c1-19-10-8-9-15-22(19)26-23(27)16-17-25(26)24(18-28-25,20-11-4-2-5-12-20)21-13-6-3-7-14-21/h2-15H,16-18H2,1H3/t25-/m1/s1. The average molecular weight is 386 g/mol. The highest BCUT2D eigenvalue weighted by Crippen LogP contribution is 2.66. The minimum Gasteiger partial charge on any atom is -0.296 e. The van der Waals surface area contributed by atoms with Crippen LogP contribution in [0.2, 0.25) is 0 Å². The summed E-state index contributed by atoms with van der Waals surface area (Å²) in [6.07, 6.45) is 1.47. The zero-order valence-corrected chi connectivity index (χ0v) is 16.8. The lowest BCUT2D eigenvalue weighted by atomic mass is 9.67. The van der Waals surface area contributed by atoms with E-state index in [0.717, 1.165) is 23.4 Å². The van der Waals surface area contributed by atoms with Gasteiger partial charge in [-0.1, -0.05) is 78.9 Å². The van der Waals surface area contributed by atoms with Crippen molar-refractivity contribution in [2.24, 2.45) is 0 Å². The molecule has 0 aromatic heterocycles. The first kappa shape index (κ1) is 17.6. The van der Waals surface area contributed by atoms with Crippen molar-refractivity contribution >= 4 is 23.4 Å². The van der Waals surface area contributed by atoms with Gasteiger partial charge in [0.25, 0.3) is 0 Å². The van der Waals surface area contributed by atoms with E-state index in [1.165, 1.54) is 11.1 Å². The number of nitrogens with zero attached hydrogens (tertiary/aromatic N) is 1. The molecule has 2 aliphatic rings. The molecule has 1 atom stereocenters. The molecule has 3 heteroatoms. The first-order valence-electron chi connectivity index (χ1n) is 9.83. The first-order chi connectivity index (χ1) is 13.7. The number of carbonyl (C=O) groups is 1. The van der Waals surface area contributed by atoms with E-state index >= 15 is 0 Å². The molecule has 0 radical (unpaired) electrons. The van der Waals surface area contributed by atoms with E-state index in [4.69, 9.17) is 0 Å². The van der Waals surface area contributed by atoms with E-state index < -0.39 is 0 Å². The van der Waals surface area contributed by atoms with E-state index in [9.17, 15) is 4.79 Å². The zero-order valence-electron chi connectivity index (χ0n) is 16.0. The normalized spacial score (nSPS) is 23.0. The van der Waals surface area contributed by atoms with Crippen molar-refractivity contribution in [2.75, 3.05) is 10.7 Å². The highest BCUT2D eigenvalue weighted by atomic mass is 32.2. The molecule has 0 aliphatic carbocycles. The Labute approximate surface area is 170 Å². The Balaban J connectivity index is 1.76. The van der Waals surface area contributed by atoms with E-state index in [2.05, 4.69) is 84.6 Å². The number of aryl methyl sites for hydroxylation is 1. The van der Waals surface area contributed by atoms with Crippen LogP contribution >= 0.6 is 11.8 Å².